The van der Waals surface area contributed by atoms with Gasteiger partial charge in [-0.05, 0) is 36.5 Å². The van der Waals surface area contributed by atoms with Crippen molar-refractivity contribution in [3.05, 3.63) is 47.3 Å². The molecule has 1 atom stereocenters. The van der Waals surface area contributed by atoms with Crippen molar-refractivity contribution in [1.29, 1.82) is 5.26 Å². The molecule has 23 heavy (non-hydrogen) atoms. The van der Waals surface area contributed by atoms with Gasteiger partial charge in [0, 0.05) is 12.2 Å². The Morgan fingerprint density at radius 3 is 3.17 bits per heavy atom. The Bertz CT molecular complexity index is 760. The molecule has 1 aliphatic rings. The third-order valence-electron chi connectivity index (χ3n) is 4.09. The predicted octanol–water partition coefficient (Wildman–Crippen LogP) is 1.44. The Morgan fingerprint density at radius 2 is 2.43 bits per heavy atom. The lowest BCUT2D eigenvalue weighted by Crippen LogP contribution is -2.40. The summed E-state index contributed by atoms with van der Waals surface area (Å²) in [6, 6.07) is 8.16. The van der Waals surface area contributed by atoms with Crippen LogP contribution >= 0.6 is 0 Å². The summed E-state index contributed by atoms with van der Waals surface area (Å²) >= 11 is 0. The van der Waals surface area contributed by atoms with Crippen molar-refractivity contribution in [2.24, 2.45) is 0 Å². The number of carbonyl (C=O) groups excluding carboxylic acids is 1. The maximum Gasteiger partial charge on any atom is 0.241 e. The van der Waals surface area contributed by atoms with Crippen LogP contribution in [0.5, 0.6) is 5.75 Å². The maximum atomic E-state index is 12.1. The first-order chi connectivity index (χ1) is 11.2. The highest BCUT2D eigenvalue weighted by molar-refractivity contribution is 5.76. The molecule has 6 nitrogen and oxygen atoms in total. The average Bonchev–Trinajstić information content (AvgIpc) is 3.01. The molecule has 6 heteroatoms. The van der Waals surface area contributed by atoms with Gasteiger partial charge < -0.3 is 10.1 Å². The number of rotatable bonds is 4. The van der Waals surface area contributed by atoms with E-state index in [1.54, 1.807) is 13.3 Å². The fourth-order valence-electron chi connectivity index (χ4n) is 3.01. The van der Waals surface area contributed by atoms with Crippen molar-refractivity contribution in [3.8, 4) is 11.8 Å². The zero-order valence-corrected chi connectivity index (χ0v) is 13.0. The summed E-state index contributed by atoms with van der Waals surface area (Å²) in [7, 11) is 1.68. The fourth-order valence-corrected chi connectivity index (χ4v) is 3.01. The lowest BCUT2D eigenvalue weighted by molar-refractivity contribution is -0.122. The van der Waals surface area contributed by atoms with Crippen molar-refractivity contribution in [3.63, 3.8) is 0 Å². The van der Waals surface area contributed by atoms with Gasteiger partial charge in [0.05, 0.1) is 18.9 Å². The number of hydrogen-bond donors (Lipinski definition) is 1. The monoisotopic (exact) mass is 310 g/mol. The average molecular weight is 310 g/mol. The first-order valence-corrected chi connectivity index (χ1v) is 7.56. The number of nitrogens with one attached hydrogen (secondary N) is 1. The quantitative estimate of drug-likeness (QED) is 0.926. The first-order valence-electron chi connectivity index (χ1n) is 7.56. The van der Waals surface area contributed by atoms with Crippen molar-refractivity contribution in [2.75, 3.05) is 7.11 Å². The van der Waals surface area contributed by atoms with Gasteiger partial charge in [-0.3, -0.25) is 9.48 Å². The second kappa shape index (κ2) is 6.53. The number of methoxy groups -OCH3 is 1. The van der Waals surface area contributed by atoms with Crippen LogP contribution in [0.3, 0.4) is 0 Å². The second-order valence-electron chi connectivity index (χ2n) is 5.64. The molecule has 1 unspecified atom stereocenters. The molecule has 3 rings (SSSR count). The largest absolute Gasteiger partial charge is 0.496 e. The van der Waals surface area contributed by atoms with E-state index in [2.05, 4.69) is 16.5 Å². The Labute approximate surface area is 134 Å². The van der Waals surface area contributed by atoms with Gasteiger partial charge in [0.25, 0.3) is 0 Å². The van der Waals surface area contributed by atoms with Crippen molar-refractivity contribution >= 4 is 5.91 Å². The Hall–Kier alpha value is -2.81. The lowest BCUT2D eigenvalue weighted by Gasteiger charge is -2.26. The number of benzene rings is 1. The molecule has 1 heterocycles. The molecule has 1 N–H and O–H groups in total. The van der Waals surface area contributed by atoms with Gasteiger partial charge in [-0.15, -0.1) is 0 Å². The smallest absolute Gasteiger partial charge is 0.241 e. The van der Waals surface area contributed by atoms with E-state index in [1.165, 1.54) is 22.0 Å². The predicted molar refractivity (Wildman–Crippen MR) is 83.9 cm³/mol. The normalized spacial score (nSPS) is 16.3. The number of amides is 1. The minimum atomic E-state index is -0.0889. The van der Waals surface area contributed by atoms with Crippen molar-refractivity contribution in [2.45, 2.75) is 31.8 Å². The third kappa shape index (κ3) is 3.34. The number of ether oxygens (including phenoxy) is 1. The molecule has 1 amide bonds. The summed E-state index contributed by atoms with van der Waals surface area (Å²) in [4.78, 5) is 12.1. The lowest BCUT2D eigenvalue weighted by atomic mass is 9.87. The molecule has 1 aromatic heterocycles. The first kappa shape index (κ1) is 15.1. The van der Waals surface area contributed by atoms with Gasteiger partial charge in [0.15, 0.2) is 0 Å². The SMILES string of the molecule is COc1cccc2c1CCC(NC(=O)Cn1cc(C#N)cn1)C2. The zero-order valence-electron chi connectivity index (χ0n) is 13.0. The highest BCUT2D eigenvalue weighted by Crippen LogP contribution is 2.29. The summed E-state index contributed by atoms with van der Waals surface area (Å²) in [6.07, 6.45) is 5.62. The van der Waals surface area contributed by atoms with Crippen LogP contribution in [0.4, 0.5) is 0 Å². The molecule has 118 valence electrons. The highest BCUT2D eigenvalue weighted by atomic mass is 16.5. The molecule has 0 saturated heterocycles. The number of nitrogens with zero attached hydrogens (tertiary/aromatic N) is 3. The van der Waals surface area contributed by atoms with E-state index in [9.17, 15) is 4.79 Å². The summed E-state index contributed by atoms with van der Waals surface area (Å²) in [5.74, 6) is 0.835. The van der Waals surface area contributed by atoms with Gasteiger partial charge in [-0.2, -0.15) is 10.4 Å². The Morgan fingerprint density at radius 1 is 1.57 bits per heavy atom. The van der Waals surface area contributed by atoms with Gasteiger partial charge in [0.2, 0.25) is 5.91 Å². The molecule has 0 saturated carbocycles. The van der Waals surface area contributed by atoms with E-state index < -0.39 is 0 Å². The van der Waals surface area contributed by atoms with Crippen LogP contribution in [-0.2, 0) is 24.2 Å². The number of carbonyl (C=O) groups is 1. The van der Waals surface area contributed by atoms with E-state index in [0.29, 0.717) is 5.56 Å². The minimum Gasteiger partial charge on any atom is -0.496 e. The minimum absolute atomic E-state index is 0.0889. The van der Waals surface area contributed by atoms with Crippen molar-refractivity contribution < 1.29 is 9.53 Å². The fraction of sp³-hybridized carbons (Fsp3) is 0.353. The van der Waals surface area contributed by atoms with Crippen molar-refractivity contribution in [1.82, 2.24) is 15.1 Å². The topological polar surface area (TPSA) is 79.9 Å². The van der Waals surface area contributed by atoms with Gasteiger partial charge in [0.1, 0.15) is 18.4 Å². The van der Waals surface area contributed by atoms with E-state index >= 15 is 0 Å². The van der Waals surface area contributed by atoms with Gasteiger partial charge in [-0.1, -0.05) is 12.1 Å². The maximum absolute atomic E-state index is 12.1. The van der Waals surface area contributed by atoms with E-state index in [4.69, 9.17) is 10.00 Å². The number of fused-ring (bicyclic) bond motifs is 1. The second-order valence-corrected chi connectivity index (χ2v) is 5.64. The summed E-state index contributed by atoms with van der Waals surface area (Å²) in [5.41, 5.74) is 2.93. The number of aromatic nitrogens is 2. The van der Waals surface area contributed by atoms with Crippen LogP contribution in [0, 0.1) is 11.3 Å². The van der Waals surface area contributed by atoms with E-state index in [0.717, 1.165) is 25.0 Å². The summed E-state index contributed by atoms with van der Waals surface area (Å²) < 4.78 is 6.88. The van der Waals surface area contributed by atoms with Crippen LogP contribution in [-0.4, -0.2) is 28.8 Å². The zero-order chi connectivity index (χ0) is 16.2. The molecular weight excluding hydrogens is 292 g/mol. The number of hydrogen-bond acceptors (Lipinski definition) is 4. The van der Waals surface area contributed by atoms with Gasteiger partial charge >= 0.3 is 0 Å². The van der Waals surface area contributed by atoms with Crippen LogP contribution in [0.1, 0.15) is 23.1 Å². The molecule has 2 aromatic rings. The van der Waals surface area contributed by atoms with Crippen LogP contribution in [0.15, 0.2) is 30.6 Å². The third-order valence-corrected chi connectivity index (χ3v) is 4.09. The summed E-state index contributed by atoms with van der Waals surface area (Å²) in [6.45, 7) is 0.128. The molecule has 0 aliphatic heterocycles. The Kier molecular flexibility index (Phi) is 4.29. The van der Waals surface area contributed by atoms with E-state index in [-0.39, 0.29) is 18.5 Å². The van der Waals surface area contributed by atoms with E-state index in [1.807, 2.05) is 18.2 Å². The summed E-state index contributed by atoms with van der Waals surface area (Å²) in [5, 5.41) is 15.8. The van der Waals surface area contributed by atoms with Crippen LogP contribution in [0.25, 0.3) is 0 Å². The molecule has 0 fully saturated rings. The standard InChI is InChI=1S/C17H18N4O2/c1-23-16-4-2-3-13-7-14(5-6-15(13)16)20-17(22)11-21-10-12(8-18)9-19-21/h2-4,9-10,14H,5-7,11H2,1H3,(H,20,22). The van der Waals surface area contributed by atoms with Gasteiger partial charge in [-0.25, -0.2) is 0 Å². The Balaban J connectivity index is 1.61. The molecule has 0 bridgehead atoms. The highest BCUT2D eigenvalue weighted by Gasteiger charge is 2.22. The molecule has 1 aromatic carbocycles. The molecular formula is C17H18N4O2. The molecule has 0 radical (unpaired) electrons. The number of nitriles is 1. The van der Waals surface area contributed by atoms with Crippen LogP contribution < -0.4 is 10.1 Å². The van der Waals surface area contributed by atoms with Crippen LogP contribution in [0.2, 0.25) is 0 Å². The molecule has 0 spiro atoms. The molecule has 1 aliphatic carbocycles.